The summed E-state index contributed by atoms with van der Waals surface area (Å²) in [6.07, 6.45) is 2.40. The standard InChI is InChI=1S/C32H28N2O3/c1-20-9-3-6-12-27(20)33-28-19-26-29(17-21(28)2)36-30-18-22(34-15-7-8-16-34)13-14-25(30)32(26)24-11-5-4-10-23(24)31(35)37-32/h3-6,9-14,17-19,33H,7-8,15-16H2,1-2H3. The topological polar surface area (TPSA) is 50.8 Å². The highest BCUT2D eigenvalue weighted by atomic mass is 16.6. The first-order chi connectivity index (χ1) is 18.0. The number of rotatable bonds is 3. The summed E-state index contributed by atoms with van der Waals surface area (Å²) in [7, 11) is 0. The van der Waals surface area contributed by atoms with Gasteiger partial charge in [-0.05, 0) is 74.2 Å². The van der Waals surface area contributed by atoms with Crippen LogP contribution in [0.5, 0.6) is 11.5 Å². The molecule has 5 nitrogen and oxygen atoms in total. The van der Waals surface area contributed by atoms with E-state index in [0.29, 0.717) is 11.3 Å². The average molecular weight is 489 g/mol. The molecule has 0 radical (unpaired) electrons. The lowest BCUT2D eigenvalue weighted by atomic mass is 9.77. The first-order valence-electron chi connectivity index (χ1n) is 12.9. The van der Waals surface area contributed by atoms with Gasteiger partial charge in [-0.25, -0.2) is 4.79 Å². The monoisotopic (exact) mass is 488 g/mol. The molecule has 3 heterocycles. The van der Waals surface area contributed by atoms with E-state index in [4.69, 9.17) is 9.47 Å². The molecule has 3 aliphatic heterocycles. The molecule has 0 amide bonds. The summed E-state index contributed by atoms with van der Waals surface area (Å²) in [5, 5.41) is 3.60. The molecule has 1 atom stereocenters. The van der Waals surface area contributed by atoms with Crippen LogP contribution in [-0.4, -0.2) is 19.1 Å². The lowest BCUT2D eigenvalue weighted by Crippen LogP contribution is -2.33. The Morgan fingerprint density at radius 3 is 2.35 bits per heavy atom. The predicted molar refractivity (Wildman–Crippen MR) is 145 cm³/mol. The molecule has 1 N–H and O–H groups in total. The molecule has 7 rings (SSSR count). The number of carbonyl (C=O) groups excluding carboxylic acids is 1. The van der Waals surface area contributed by atoms with Gasteiger partial charge < -0.3 is 19.7 Å². The van der Waals surface area contributed by atoms with Gasteiger partial charge >= 0.3 is 5.97 Å². The molecule has 0 aliphatic carbocycles. The Morgan fingerprint density at radius 1 is 0.757 bits per heavy atom. The number of nitrogens with zero attached hydrogens (tertiary/aromatic N) is 1. The maximum Gasteiger partial charge on any atom is 0.340 e. The minimum atomic E-state index is -1.07. The quantitative estimate of drug-likeness (QED) is 0.309. The maximum atomic E-state index is 13.2. The Hall–Kier alpha value is -4.25. The number of esters is 1. The molecule has 1 saturated heterocycles. The van der Waals surface area contributed by atoms with E-state index in [2.05, 4.69) is 66.5 Å². The van der Waals surface area contributed by atoms with Gasteiger partial charge in [-0.15, -0.1) is 0 Å². The molecule has 0 saturated carbocycles. The van der Waals surface area contributed by atoms with Crippen molar-refractivity contribution in [1.29, 1.82) is 0 Å². The highest BCUT2D eigenvalue weighted by molar-refractivity contribution is 5.97. The molecule has 0 bridgehead atoms. The van der Waals surface area contributed by atoms with Crippen molar-refractivity contribution in [2.75, 3.05) is 23.3 Å². The molecule has 37 heavy (non-hydrogen) atoms. The fraction of sp³-hybridized carbons (Fsp3) is 0.219. The number of nitrogens with one attached hydrogen (secondary N) is 1. The Bertz CT molecular complexity index is 1570. The molecular weight excluding hydrogens is 460 g/mol. The van der Waals surface area contributed by atoms with Crippen LogP contribution in [0, 0.1) is 13.8 Å². The Labute approximate surface area is 216 Å². The number of para-hydroxylation sites is 1. The van der Waals surface area contributed by atoms with E-state index in [1.807, 2.05) is 36.4 Å². The second-order valence-corrected chi connectivity index (χ2v) is 10.2. The van der Waals surface area contributed by atoms with Crippen molar-refractivity contribution in [1.82, 2.24) is 0 Å². The smallest absolute Gasteiger partial charge is 0.340 e. The van der Waals surface area contributed by atoms with Gasteiger partial charge in [-0.3, -0.25) is 0 Å². The van der Waals surface area contributed by atoms with Crippen molar-refractivity contribution in [2.24, 2.45) is 0 Å². The lowest BCUT2D eigenvalue weighted by molar-refractivity contribution is 0.0224. The number of aryl methyl sites for hydroxylation is 2. The van der Waals surface area contributed by atoms with E-state index in [0.717, 1.165) is 63.7 Å². The Balaban J connectivity index is 1.44. The highest BCUT2D eigenvalue weighted by Crippen LogP contribution is 2.57. The third-order valence-corrected chi connectivity index (χ3v) is 7.93. The molecule has 4 aromatic carbocycles. The van der Waals surface area contributed by atoms with Crippen LogP contribution in [-0.2, 0) is 10.3 Å². The van der Waals surface area contributed by atoms with E-state index in [1.165, 1.54) is 12.8 Å². The number of hydrogen-bond donors (Lipinski definition) is 1. The van der Waals surface area contributed by atoms with Gasteiger partial charge in [0.15, 0.2) is 5.60 Å². The first-order valence-corrected chi connectivity index (χ1v) is 12.9. The number of ether oxygens (including phenoxy) is 2. The van der Waals surface area contributed by atoms with Crippen molar-refractivity contribution < 1.29 is 14.3 Å². The zero-order valence-electron chi connectivity index (χ0n) is 21.0. The lowest BCUT2D eigenvalue weighted by Gasteiger charge is -2.37. The molecule has 4 aromatic rings. The van der Waals surface area contributed by atoms with Crippen LogP contribution in [0.15, 0.2) is 78.9 Å². The summed E-state index contributed by atoms with van der Waals surface area (Å²) >= 11 is 0. The molecule has 0 aromatic heterocycles. The summed E-state index contributed by atoms with van der Waals surface area (Å²) in [5.41, 5.74) is 7.39. The van der Waals surface area contributed by atoms with Crippen LogP contribution in [0.1, 0.15) is 51.0 Å². The van der Waals surface area contributed by atoms with Gasteiger partial charge in [-0.1, -0.05) is 36.4 Å². The number of fused-ring (bicyclic) bond motifs is 6. The second kappa shape index (κ2) is 8.13. The summed E-state index contributed by atoms with van der Waals surface area (Å²) in [4.78, 5) is 15.6. The number of anilines is 3. The molecule has 184 valence electrons. The highest BCUT2D eigenvalue weighted by Gasteiger charge is 2.53. The average Bonchev–Trinajstić information content (AvgIpc) is 3.54. The Morgan fingerprint density at radius 2 is 1.51 bits per heavy atom. The van der Waals surface area contributed by atoms with E-state index in [1.54, 1.807) is 0 Å². The van der Waals surface area contributed by atoms with Gasteiger partial charge in [0.2, 0.25) is 0 Å². The van der Waals surface area contributed by atoms with Crippen LogP contribution in [0.2, 0.25) is 0 Å². The molecule has 1 fully saturated rings. The fourth-order valence-electron chi connectivity index (χ4n) is 5.97. The van der Waals surface area contributed by atoms with Crippen LogP contribution >= 0.6 is 0 Å². The van der Waals surface area contributed by atoms with Crippen molar-refractivity contribution >= 4 is 23.0 Å². The van der Waals surface area contributed by atoms with Crippen molar-refractivity contribution in [2.45, 2.75) is 32.3 Å². The van der Waals surface area contributed by atoms with E-state index in [9.17, 15) is 4.79 Å². The van der Waals surface area contributed by atoms with Crippen LogP contribution in [0.3, 0.4) is 0 Å². The molecular formula is C32H28N2O3. The number of carbonyl (C=O) groups is 1. The molecule has 3 aliphatic rings. The van der Waals surface area contributed by atoms with Crippen molar-refractivity contribution in [3.63, 3.8) is 0 Å². The van der Waals surface area contributed by atoms with Gasteiger partial charge in [-0.2, -0.15) is 0 Å². The van der Waals surface area contributed by atoms with Gasteiger partial charge in [0, 0.05) is 52.9 Å². The normalized spacial score (nSPS) is 19.2. The SMILES string of the molecule is Cc1ccccc1Nc1cc2c(cc1C)Oc1cc(N3CCCC3)ccc1C21OC(=O)c2ccccc21. The summed E-state index contributed by atoms with van der Waals surface area (Å²) in [6.45, 7) is 6.25. The summed E-state index contributed by atoms with van der Waals surface area (Å²) in [5.74, 6) is 1.14. The predicted octanol–water partition coefficient (Wildman–Crippen LogP) is 7.22. The van der Waals surface area contributed by atoms with E-state index >= 15 is 0 Å². The van der Waals surface area contributed by atoms with Crippen molar-refractivity contribution in [3.05, 3.63) is 112 Å². The minimum absolute atomic E-state index is 0.313. The maximum absolute atomic E-state index is 13.2. The van der Waals surface area contributed by atoms with Crippen LogP contribution in [0.25, 0.3) is 0 Å². The Kier molecular flexibility index (Phi) is 4.83. The van der Waals surface area contributed by atoms with E-state index < -0.39 is 5.60 Å². The van der Waals surface area contributed by atoms with Gasteiger partial charge in [0.05, 0.1) is 5.56 Å². The number of benzene rings is 4. The second-order valence-electron chi connectivity index (χ2n) is 10.2. The van der Waals surface area contributed by atoms with Crippen LogP contribution in [0.4, 0.5) is 17.1 Å². The molecule has 1 unspecified atom stereocenters. The van der Waals surface area contributed by atoms with E-state index in [-0.39, 0.29) is 5.97 Å². The third kappa shape index (κ3) is 3.27. The first kappa shape index (κ1) is 22.0. The molecule has 5 heteroatoms. The largest absolute Gasteiger partial charge is 0.456 e. The number of hydrogen-bond acceptors (Lipinski definition) is 5. The summed E-state index contributed by atoms with van der Waals surface area (Å²) < 4.78 is 13.0. The summed E-state index contributed by atoms with van der Waals surface area (Å²) in [6, 6.07) is 26.4. The molecule has 1 spiro atoms. The van der Waals surface area contributed by atoms with Crippen molar-refractivity contribution in [3.8, 4) is 11.5 Å². The zero-order valence-corrected chi connectivity index (χ0v) is 21.0. The fourth-order valence-corrected chi connectivity index (χ4v) is 5.97. The zero-order chi connectivity index (χ0) is 25.1. The van der Waals surface area contributed by atoms with Crippen LogP contribution < -0.4 is 15.0 Å². The minimum Gasteiger partial charge on any atom is -0.456 e. The van der Waals surface area contributed by atoms with Gasteiger partial charge in [0.25, 0.3) is 0 Å². The van der Waals surface area contributed by atoms with Gasteiger partial charge in [0.1, 0.15) is 11.5 Å². The third-order valence-electron chi connectivity index (χ3n) is 7.93.